The van der Waals surface area contributed by atoms with Gasteiger partial charge in [-0.2, -0.15) is 0 Å². The van der Waals surface area contributed by atoms with E-state index >= 15 is 0 Å². The number of hydrogen-bond acceptors (Lipinski definition) is 6. The topological polar surface area (TPSA) is 67.3 Å². The van der Waals surface area contributed by atoms with Gasteiger partial charge in [0.1, 0.15) is 0 Å². The van der Waals surface area contributed by atoms with E-state index in [1.165, 1.54) is 17.5 Å². The first-order chi connectivity index (χ1) is 7.11. The Bertz CT molecular complexity index is 452. The molecule has 15 heavy (non-hydrogen) atoms. The molecule has 1 fully saturated rings. The van der Waals surface area contributed by atoms with Crippen LogP contribution in [-0.2, 0) is 9.84 Å². The lowest BCUT2D eigenvalue weighted by atomic mass is 10.5. The maximum absolute atomic E-state index is 11.2. The molecule has 1 saturated heterocycles. The van der Waals surface area contributed by atoms with Gasteiger partial charge in [0, 0.05) is 13.1 Å². The van der Waals surface area contributed by atoms with Gasteiger partial charge in [0.15, 0.2) is 21.3 Å². The lowest BCUT2D eigenvalue weighted by Gasteiger charge is -2.25. The van der Waals surface area contributed by atoms with Crippen molar-refractivity contribution in [2.75, 3.05) is 29.5 Å². The van der Waals surface area contributed by atoms with Crippen molar-refractivity contribution in [2.45, 2.75) is 0 Å². The Morgan fingerprint density at radius 2 is 2.07 bits per heavy atom. The van der Waals surface area contributed by atoms with Crippen LogP contribution in [0.1, 0.15) is 9.67 Å². The van der Waals surface area contributed by atoms with Gasteiger partial charge in [-0.25, -0.2) is 13.4 Å². The summed E-state index contributed by atoms with van der Waals surface area (Å²) < 4.78 is 22.4. The SMILES string of the molecule is O=Cc1cnc(N2CCS(=O)(=O)CC2)s1. The second kappa shape index (κ2) is 3.90. The molecular formula is C8H10N2O3S2. The largest absolute Gasteiger partial charge is 0.346 e. The Kier molecular flexibility index (Phi) is 2.74. The van der Waals surface area contributed by atoms with Crippen molar-refractivity contribution in [3.05, 3.63) is 11.1 Å². The van der Waals surface area contributed by atoms with Crippen molar-refractivity contribution in [3.63, 3.8) is 0 Å². The predicted octanol–water partition coefficient (Wildman–Crippen LogP) is 0.190. The van der Waals surface area contributed by atoms with E-state index in [2.05, 4.69) is 4.98 Å². The Morgan fingerprint density at radius 1 is 1.40 bits per heavy atom. The number of aldehydes is 1. The lowest BCUT2D eigenvalue weighted by molar-refractivity contribution is 0.112. The van der Waals surface area contributed by atoms with Crippen LogP contribution in [0, 0.1) is 0 Å². The Morgan fingerprint density at radius 3 is 2.60 bits per heavy atom. The molecule has 82 valence electrons. The molecule has 0 aromatic carbocycles. The quantitative estimate of drug-likeness (QED) is 0.697. The van der Waals surface area contributed by atoms with Gasteiger partial charge in [0.25, 0.3) is 0 Å². The van der Waals surface area contributed by atoms with Crippen LogP contribution >= 0.6 is 11.3 Å². The van der Waals surface area contributed by atoms with Crippen LogP contribution in [0.25, 0.3) is 0 Å². The highest BCUT2D eigenvalue weighted by Gasteiger charge is 2.23. The fourth-order valence-electron chi connectivity index (χ4n) is 1.38. The van der Waals surface area contributed by atoms with Crippen LogP contribution in [0.5, 0.6) is 0 Å². The van der Waals surface area contributed by atoms with Crippen molar-refractivity contribution in [1.29, 1.82) is 0 Å². The maximum atomic E-state index is 11.2. The first-order valence-electron chi connectivity index (χ1n) is 4.47. The molecule has 0 atom stereocenters. The molecule has 1 aromatic rings. The summed E-state index contributed by atoms with van der Waals surface area (Å²) in [5, 5.41) is 0.729. The average Bonchev–Trinajstić information content (AvgIpc) is 2.66. The first-order valence-corrected chi connectivity index (χ1v) is 7.11. The average molecular weight is 246 g/mol. The zero-order valence-electron chi connectivity index (χ0n) is 7.92. The molecule has 2 rings (SSSR count). The molecule has 1 aliphatic rings. The van der Waals surface area contributed by atoms with Crippen molar-refractivity contribution in [2.24, 2.45) is 0 Å². The van der Waals surface area contributed by atoms with Gasteiger partial charge in [-0.1, -0.05) is 11.3 Å². The number of sulfone groups is 1. The number of thiazole rings is 1. The summed E-state index contributed by atoms with van der Waals surface area (Å²) in [4.78, 5) is 17.0. The fraction of sp³-hybridized carbons (Fsp3) is 0.500. The molecule has 0 amide bonds. The Hall–Kier alpha value is -0.950. The van der Waals surface area contributed by atoms with Crippen LogP contribution in [0.2, 0.25) is 0 Å². The highest BCUT2D eigenvalue weighted by Crippen LogP contribution is 2.22. The lowest BCUT2D eigenvalue weighted by Crippen LogP contribution is -2.40. The van der Waals surface area contributed by atoms with Crippen molar-refractivity contribution >= 4 is 32.6 Å². The van der Waals surface area contributed by atoms with E-state index in [0.29, 0.717) is 18.0 Å². The zero-order valence-corrected chi connectivity index (χ0v) is 9.55. The summed E-state index contributed by atoms with van der Waals surface area (Å²) in [6, 6.07) is 0. The first kappa shape index (κ1) is 10.6. The smallest absolute Gasteiger partial charge is 0.185 e. The minimum absolute atomic E-state index is 0.170. The van der Waals surface area contributed by atoms with E-state index in [-0.39, 0.29) is 11.5 Å². The molecule has 2 heterocycles. The number of aromatic nitrogens is 1. The van der Waals surface area contributed by atoms with Crippen LogP contribution in [0.4, 0.5) is 5.13 Å². The van der Waals surface area contributed by atoms with Gasteiger partial charge < -0.3 is 4.90 Å². The van der Waals surface area contributed by atoms with Gasteiger partial charge >= 0.3 is 0 Å². The number of rotatable bonds is 2. The summed E-state index contributed by atoms with van der Waals surface area (Å²) >= 11 is 1.29. The molecular weight excluding hydrogens is 236 g/mol. The molecule has 5 nitrogen and oxygen atoms in total. The van der Waals surface area contributed by atoms with Crippen LogP contribution in [0.15, 0.2) is 6.20 Å². The van der Waals surface area contributed by atoms with Crippen LogP contribution < -0.4 is 4.90 Å². The number of hydrogen-bond donors (Lipinski definition) is 0. The Balaban J connectivity index is 2.10. The van der Waals surface area contributed by atoms with E-state index in [1.807, 2.05) is 4.90 Å². The number of carbonyl (C=O) groups excluding carboxylic acids is 1. The molecule has 1 aromatic heterocycles. The summed E-state index contributed by atoms with van der Waals surface area (Å²) in [7, 11) is -2.86. The number of nitrogens with zero attached hydrogens (tertiary/aromatic N) is 2. The normalized spacial score (nSPS) is 20.1. The summed E-state index contributed by atoms with van der Waals surface area (Å²) in [6.45, 7) is 0.933. The molecule has 1 aliphatic heterocycles. The van der Waals surface area contributed by atoms with Crippen molar-refractivity contribution < 1.29 is 13.2 Å². The molecule has 0 spiro atoms. The molecule has 0 aliphatic carbocycles. The molecule has 0 saturated carbocycles. The van der Waals surface area contributed by atoms with E-state index < -0.39 is 9.84 Å². The third-order valence-corrected chi connectivity index (χ3v) is 4.84. The van der Waals surface area contributed by atoms with Gasteiger partial charge in [-0.15, -0.1) is 0 Å². The number of carbonyl (C=O) groups is 1. The van der Waals surface area contributed by atoms with Crippen LogP contribution in [0.3, 0.4) is 0 Å². The van der Waals surface area contributed by atoms with Gasteiger partial charge in [-0.05, 0) is 0 Å². The van der Waals surface area contributed by atoms with Crippen molar-refractivity contribution in [1.82, 2.24) is 4.98 Å². The molecule has 0 unspecified atom stereocenters. The highest BCUT2D eigenvalue weighted by atomic mass is 32.2. The molecule has 7 heteroatoms. The van der Waals surface area contributed by atoms with Crippen molar-refractivity contribution in [3.8, 4) is 0 Å². The summed E-state index contributed by atoms with van der Waals surface area (Å²) in [6.07, 6.45) is 2.26. The number of anilines is 1. The molecule has 0 bridgehead atoms. The third-order valence-electron chi connectivity index (χ3n) is 2.24. The molecule has 0 N–H and O–H groups in total. The van der Waals surface area contributed by atoms with E-state index in [0.717, 1.165) is 11.4 Å². The zero-order chi connectivity index (χ0) is 10.9. The predicted molar refractivity (Wildman–Crippen MR) is 58.4 cm³/mol. The second-order valence-corrected chi connectivity index (χ2v) is 6.65. The molecule has 0 radical (unpaired) electrons. The van der Waals surface area contributed by atoms with E-state index in [4.69, 9.17) is 0 Å². The third kappa shape index (κ3) is 2.35. The van der Waals surface area contributed by atoms with Gasteiger partial charge in [0.05, 0.1) is 22.6 Å². The summed E-state index contributed by atoms with van der Waals surface area (Å²) in [5.74, 6) is 0.339. The van der Waals surface area contributed by atoms with E-state index in [1.54, 1.807) is 0 Å². The highest BCUT2D eigenvalue weighted by molar-refractivity contribution is 7.91. The van der Waals surface area contributed by atoms with Crippen LogP contribution in [-0.4, -0.2) is 44.3 Å². The fourth-order valence-corrected chi connectivity index (χ4v) is 3.36. The van der Waals surface area contributed by atoms with Gasteiger partial charge in [-0.3, -0.25) is 4.79 Å². The second-order valence-electron chi connectivity index (χ2n) is 3.30. The maximum Gasteiger partial charge on any atom is 0.185 e. The monoisotopic (exact) mass is 246 g/mol. The minimum Gasteiger partial charge on any atom is -0.346 e. The van der Waals surface area contributed by atoms with E-state index in [9.17, 15) is 13.2 Å². The van der Waals surface area contributed by atoms with Gasteiger partial charge in [0.2, 0.25) is 0 Å². The Labute approximate surface area is 91.7 Å². The standard InChI is InChI=1S/C8H10N2O3S2/c11-6-7-5-9-8(14-7)10-1-3-15(12,13)4-2-10/h5-6H,1-4H2. The minimum atomic E-state index is -2.86. The summed E-state index contributed by atoms with van der Waals surface area (Å²) in [5.41, 5.74) is 0.